The Morgan fingerprint density at radius 2 is 2.03 bits per heavy atom. The van der Waals surface area contributed by atoms with Crippen LogP contribution in [0.5, 0.6) is 0 Å². The molecule has 1 fully saturated rings. The predicted molar refractivity (Wildman–Crippen MR) is 127 cm³/mol. The quantitative estimate of drug-likeness (QED) is 0.426. The number of methoxy groups -OCH3 is 1. The summed E-state index contributed by atoms with van der Waals surface area (Å²) in [4.78, 5) is 33.0. The van der Waals surface area contributed by atoms with Crippen molar-refractivity contribution < 1.29 is 13.9 Å². The molecule has 0 aliphatic carbocycles. The van der Waals surface area contributed by atoms with Gasteiger partial charge in [0.25, 0.3) is 11.5 Å². The average molecular weight is 478 g/mol. The van der Waals surface area contributed by atoms with Crippen LogP contribution < -0.4 is 5.56 Å². The molecule has 1 atom stereocenters. The smallest absolute Gasteiger partial charge is 0.289 e. The predicted octanol–water partition coefficient (Wildman–Crippen LogP) is 1.61. The number of H-pyrrole nitrogens is 1. The number of aromatic amines is 1. The molecule has 0 unspecified atom stereocenters. The highest BCUT2D eigenvalue weighted by Gasteiger charge is 2.34. The van der Waals surface area contributed by atoms with Gasteiger partial charge >= 0.3 is 0 Å². The summed E-state index contributed by atoms with van der Waals surface area (Å²) in [6.07, 6.45) is 1.49. The van der Waals surface area contributed by atoms with E-state index in [0.29, 0.717) is 56.5 Å². The van der Waals surface area contributed by atoms with Crippen LogP contribution in [0.4, 0.5) is 0 Å². The van der Waals surface area contributed by atoms with E-state index in [-0.39, 0.29) is 11.5 Å². The first-order chi connectivity index (χ1) is 17.0. The molecule has 3 aromatic heterocycles. The van der Waals surface area contributed by atoms with Crippen molar-refractivity contribution in [2.24, 2.45) is 0 Å². The van der Waals surface area contributed by atoms with Gasteiger partial charge in [-0.25, -0.2) is 4.68 Å². The Hall–Kier alpha value is -3.83. The second-order valence-corrected chi connectivity index (χ2v) is 8.61. The number of aryl methyl sites for hydroxylation is 1. The first-order valence-corrected chi connectivity index (χ1v) is 11.5. The number of hydrogen-bond donors (Lipinski definition) is 1. The highest BCUT2D eigenvalue weighted by Crippen LogP contribution is 2.28. The van der Waals surface area contributed by atoms with Gasteiger partial charge in [0.1, 0.15) is 6.04 Å². The zero-order valence-electron chi connectivity index (χ0n) is 19.7. The van der Waals surface area contributed by atoms with E-state index in [4.69, 9.17) is 9.15 Å². The van der Waals surface area contributed by atoms with Crippen LogP contribution in [0.2, 0.25) is 0 Å². The number of fused-ring (bicyclic) bond motifs is 1. The van der Waals surface area contributed by atoms with Gasteiger partial charge in [-0.1, -0.05) is 11.6 Å². The molecule has 0 bridgehead atoms. The number of carbonyl (C=O) groups is 1. The van der Waals surface area contributed by atoms with Crippen molar-refractivity contribution in [2.75, 3.05) is 39.9 Å². The molecule has 0 saturated carbocycles. The third kappa shape index (κ3) is 4.60. The van der Waals surface area contributed by atoms with Crippen molar-refractivity contribution in [1.82, 2.24) is 35.0 Å². The van der Waals surface area contributed by atoms with Gasteiger partial charge in [-0.2, -0.15) is 0 Å². The van der Waals surface area contributed by atoms with Crippen molar-refractivity contribution in [2.45, 2.75) is 19.5 Å². The lowest BCUT2D eigenvalue weighted by atomic mass is 10.0. The molecule has 11 heteroatoms. The highest BCUT2D eigenvalue weighted by molar-refractivity contribution is 5.91. The van der Waals surface area contributed by atoms with Gasteiger partial charge in [0, 0.05) is 44.4 Å². The van der Waals surface area contributed by atoms with Crippen molar-refractivity contribution in [3.05, 3.63) is 75.7 Å². The number of aromatic nitrogens is 5. The second-order valence-electron chi connectivity index (χ2n) is 8.61. The van der Waals surface area contributed by atoms with Crippen LogP contribution in [0.25, 0.3) is 10.9 Å². The maximum absolute atomic E-state index is 13.3. The molecular formula is C24H27N7O4. The lowest BCUT2D eigenvalue weighted by Crippen LogP contribution is -2.50. The van der Waals surface area contributed by atoms with E-state index < -0.39 is 6.04 Å². The molecule has 11 nitrogen and oxygen atoms in total. The minimum atomic E-state index is -0.489. The molecule has 4 aromatic rings. The lowest BCUT2D eigenvalue weighted by molar-refractivity contribution is 0.0557. The van der Waals surface area contributed by atoms with Crippen LogP contribution in [0.15, 0.2) is 51.9 Å². The van der Waals surface area contributed by atoms with E-state index in [1.54, 1.807) is 28.8 Å². The van der Waals surface area contributed by atoms with Crippen LogP contribution >= 0.6 is 0 Å². The van der Waals surface area contributed by atoms with Gasteiger partial charge in [-0.15, -0.1) is 5.10 Å². The van der Waals surface area contributed by atoms with Gasteiger partial charge in [0.2, 0.25) is 0 Å². The van der Waals surface area contributed by atoms with Gasteiger partial charge in [-0.05, 0) is 53.1 Å². The van der Waals surface area contributed by atoms with Gasteiger partial charge < -0.3 is 19.0 Å². The van der Waals surface area contributed by atoms with E-state index in [1.807, 2.05) is 31.2 Å². The fraction of sp³-hybridized carbons (Fsp3) is 0.375. The molecule has 0 radical (unpaired) electrons. The Balaban J connectivity index is 1.50. The van der Waals surface area contributed by atoms with Crippen molar-refractivity contribution in [3.8, 4) is 0 Å². The van der Waals surface area contributed by atoms with Gasteiger partial charge in [-0.3, -0.25) is 14.5 Å². The number of nitrogens with zero attached hydrogens (tertiary/aromatic N) is 6. The Morgan fingerprint density at radius 1 is 1.20 bits per heavy atom. The number of amides is 1. The van der Waals surface area contributed by atoms with Crippen molar-refractivity contribution in [1.29, 1.82) is 0 Å². The number of rotatable bonds is 7. The summed E-state index contributed by atoms with van der Waals surface area (Å²) in [6, 6.07) is 10.7. The second kappa shape index (κ2) is 9.80. The van der Waals surface area contributed by atoms with Crippen molar-refractivity contribution >= 4 is 16.8 Å². The normalized spacial score (nSPS) is 15.5. The largest absolute Gasteiger partial charge is 0.459 e. The number of ether oxygens (including phenoxy) is 1. The molecule has 1 N–H and O–H groups in total. The molecule has 182 valence electrons. The molecule has 1 aliphatic rings. The summed E-state index contributed by atoms with van der Waals surface area (Å²) >= 11 is 0. The van der Waals surface area contributed by atoms with E-state index in [1.165, 1.54) is 6.26 Å². The van der Waals surface area contributed by atoms with Gasteiger partial charge in [0.15, 0.2) is 11.6 Å². The minimum Gasteiger partial charge on any atom is -0.459 e. The third-order valence-electron chi connectivity index (χ3n) is 6.33. The summed E-state index contributed by atoms with van der Waals surface area (Å²) < 4.78 is 12.2. The Kier molecular flexibility index (Phi) is 6.43. The summed E-state index contributed by atoms with van der Waals surface area (Å²) in [5, 5.41) is 13.3. The van der Waals surface area contributed by atoms with Gasteiger partial charge in [0.05, 0.1) is 19.4 Å². The van der Waals surface area contributed by atoms with E-state index >= 15 is 0 Å². The summed E-state index contributed by atoms with van der Waals surface area (Å²) in [5.41, 5.74) is 2.24. The summed E-state index contributed by atoms with van der Waals surface area (Å²) in [7, 11) is 1.62. The number of tetrazole rings is 1. The number of furan rings is 1. The highest BCUT2D eigenvalue weighted by atomic mass is 16.5. The van der Waals surface area contributed by atoms with Crippen LogP contribution in [0.1, 0.15) is 33.5 Å². The minimum absolute atomic E-state index is 0.143. The summed E-state index contributed by atoms with van der Waals surface area (Å²) in [5.74, 6) is 0.736. The third-order valence-corrected chi connectivity index (χ3v) is 6.33. The van der Waals surface area contributed by atoms with E-state index in [0.717, 1.165) is 16.5 Å². The number of hydrogen-bond acceptors (Lipinski definition) is 8. The molecule has 5 rings (SSSR count). The summed E-state index contributed by atoms with van der Waals surface area (Å²) in [6.45, 7) is 4.96. The van der Waals surface area contributed by atoms with Crippen LogP contribution in [0, 0.1) is 6.92 Å². The Labute approximate surface area is 201 Å². The SMILES string of the molecule is COCCn1nnnc1[C@@H](c1cc2cc(C)ccc2[nH]c1=O)N1CCN(C(=O)c2ccco2)CC1. The van der Waals surface area contributed by atoms with Crippen molar-refractivity contribution in [3.63, 3.8) is 0 Å². The first kappa shape index (κ1) is 22.9. The van der Waals surface area contributed by atoms with E-state index in [9.17, 15) is 9.59 Å². The van der Waals surface area contributed by atoms with Crippen LogP contribution in [0.3, 0.4) is 0 Å². The molecule has 4 heterocycles. The maximum Gasteiger partial charge on any atom is 0.289 e. The fourth-order valence-corrected chi connectivity index (χ4v) is 4.53. The van der Waals surface area contributed by atoms with E-state index in [2.05, 4.69) is 25.4 Å². The standard InChI is InChI=1S/C24H27N7O4/c1-16-5-6-19-17(14-16)15-18(23(32)25-19)21(22-26-27-28-31(22)11-13-34-2)29-7-9-30(10-8-29)24(33)20-4-3-12-35-20/h3-6,12,14-15,21H,7-11,13H2,1-2H3,(H,25,32)/t21-/m1/s1. The molecule has 1 aromatic carbocycles. The number of carbonyl (C=O) groups excluding carboxylic acids is 1. The van der Waals surface area contributed by atoms with Crippen LogP contribution in [-0.2, 0) is 11.3 Å². The Bertz CT molecular complexity index is 1370. The average Bonchev–Trinajstić information content (AvgIpc) is 3.56. The zero-order chi connectivity index (χ0) is 24.4. The van der Waals surface area contributed by atoms with Crippen LogP contribution in [-0.4, -0.2) is 80.8 Å². The molecule has 1 saturated heterocycles. The molecule has 1 aliphatic heterocycles. The lowest BCUT2D eigenvalue weighted by Gasteiger charge is -2.38. The molecule has 35 heavy (non-hydrogen) atoms. The molecular weight excluding hydrogens is 450 g/mol. The first-order valence-electron chi connectivity index (χ1n) is 11.5. The molecule has 1 amide bonds. The topological polar surface area (TPSA) is 122 Å². The molecule has 0 spiro atoms. The maximum atomic E-state index is 13.3. The zero-order valence-corrected chi connectivity index (χ0v) is 19.7. The number of nitrogens with one attached hydrogen (secondary N) is 1. The number of piperazine rings is 1. The monoisotopic (exact) mass is 477 g/mol. The number of benzene rings is 1. The Morgan fingerprint density at radius 3 is 2.77 bits per heavy atom. The number of pyridine rings is 1. The fourth-order valence-electron chi connectivity index (χ4n) is 4.53.